The van der Waals surface area contributed by atoms with E-state index in [0.29, 0.717) is 11.6 Å². The van der Waals surface area contributed by atoms with Crippen LogP contribution in [-0.2, 0) is 5.41 Å². The first-order chi connectivity index (χ1) is 9.49. The van der Waals surface area contributed by atoms with Crippen LogP contribution < -0.4 is 5.32 Å². The van der Waals surface area contributed by atoms with E-state index in [0.717, 1.165) is 12.1 Å². The lowest BCUT2D eigenvalue weighted by Gasteiger charge is -2.24. The summed E-state index contributed by atoms with van der Waals surface area (Å²) in [4.78, 5) is 1.35. The van der Waals surface area contributed by atoms with Gasteiger partial charge >= 0.3 is 0 Å². The van der Waals surface area contributed by atoms with Crippen molar-refractivity contribution in [2.24, 2.45) is 0 Å². The zero-order valence-electron chi connectivity index (χ0n) is 11.8. The van der Waals surface area contributed by atoms with Gasteiger partial charge in [-0.25, -0.2) is 0 Å². The minimum atomic E-state index is -0.508. The summed E-state index contributed by atoms with van der Waals surface area (Å²) in [5.74, 6) is 0. The first kappa shape index (κ1) is 15.5. The molecule has 2 nitrogen and oxygen atoms in total. The standard InChI is InChI=1S/C16H20ClNOS/c1-16(2,15-4-3-9-20-15)11-18-10-14(19)12-5-7-13(17)8-6-12/h3-9,14,18-19H,10-11H2,1-2H3. The Morgan fingerprint density at radius 3 is 2.55 bits per heavy atom. The number of hydrogen-bond acceptors (Lipinski definition) is 3. The monoisotopic (exact) mass is 309 g/mol. The minimum Gasteiger partial charge on any atom is -0.387 e. The van der Waals surface area contributed by atoms with E-state index in [4.69, 9.17) is 11.6 Å². The van der Waals surface area contributed by atoms with Crippen LogP contribution in [-0.4, -0.2) is 18.2 Å². The lowest BCUT2D eigenvalue weighted by atomic mass is 9.91. The van der Waals surface area contributed by atoms with Crippen LogP contribution in [0.5, 0.6) is 0 Å². The van der Waals surface area contributed by atoms with Gasteiger partial charge in [-0.05, 0) is 29.1 Å². The highest BCUT2D eigenvalue weighted by Gasteiger charge is 2.21. The number of hydrogen-bond donors (Lipinski definition) is 2. The fourth-order valence-electron chi connectivity index (χ4n) is 2.07. The van der Waals surface area contributed by atoms with Crippen molar-refractivity contribution in [2.45, 2.75) is 25.4 Å². The molecule has 2 aromatic rings. The zero-order valence-corrected chi connectivity index (χ0v) is 13.3. The molecule has 0 aliphatic rings. The molecule has 0 bridgehead atoms. The Kier molecular flexibility index (Phi) is 5.22. The molecule has 1 aromatic carbocycles. The number of halogens is 1. The molecule has 0 radical (unpaired) electrons. The van der Waals surface area contributed by atoms with Gasteiger partial charge in [-0.1, -0.05) is 43.6 Å². The molecule has 0 fully saturated rings. The molecule has 20 heavy (non-hydrogen) atoms. The lowest BCUT2D eigenvalue weighted by Crippen LogP contribution is -2.34. The molecule has 2 N–H and O–H groups in total. The van der Waals surface area contributed by atoms with Crippen molar-refractivity contribution in [1.82, 2.24) is 5.32 Å². The number of rotatable bonds is 6. The smallest absolute Gasteiger partial charge is 0.0914 e. The van der Waals surface area contributed by atoms with Gasteiger partial charge in [0.2, 0.25) is 0 Å². The lowest BCUT2D eigenvalue weighted by molar-refractivity contribution is 0.172. The van der Waals surface area contributed by atoms with E-state index in [2.05, 4.69) is 36.7 Å². The Morgan fingerprint density at radius 1 is 1.25 bits per heavy atom. The summed E-state index contributed by atoms with van der Waals surface area (Å²) >= 11 is 7.61. The largest absolute Gasteiger partial charge is 0.387 e. The Balaban J connectivity index is 1.85. The summed E-state index contributed by atoms with van der Waals surface area (Å²) in [6.45, 7) is 5.79. The number of nitrogens with one attached hydrogen (secondary N) is 1. The second-order valence-corrected chi connectivity index (χ2v) is 6.94. The van der Waals surface area contributed by atoms with E-state index in [-0.39, 0.29) is 5.41 Å². The molecule has 0 aliphatic carbocycles. The van der Waals surface area contributed by atoms with Crippen LogP contribution in [0.4, 0.5) is 0 Å². The van der Waals surface area contributed by atoms with E-state index in [1.165, 1.54) is 4.88 Å². The van der Waals surface area contributed by atoms with Crippen molar-refractivity contribution < 1.29 is 5.11 Å². The topological polar surface area (TPSA) is 32.3 Å². The van der Waals surface area contributed by atoms with E-state index in [1.54, 1.807) is 23.5 Å². The van der Waals surface area contributed by atoms with Crippen molar-refractivity contribution in [2.75, 3.05) is 13.1 Å². The molecule has 0 aliphatic heterocycles. The normalized spacial score (nSPS) is 13.4. The van der Waals surface area contributed by atoms with Gasteiger partial charge in [0.1, 0.15) is 0 Å². The highest BCUT2D eigenvalue weighted by atomic mass is 35.5. The van der Waals surface area contributed by atoms with Gasteiger partial charge in [0.05, 0.1) is 6.10 Å². The van der Waals surface area contributed by atoms with Crippen molar-refractivity contribution >= 4 is 22.9 Å². The van der Waals surface area contributed by atoms with Crippen LogP contribution >= 0.6 is 22.9 Å². The highest BCUT2D eigenvalue weighted by molar-refractivity contribution is 7.10. The van der Waals surface area contributed by atoms with Crippen LogP contribution in [0.3, 0.4) is 0 Å². The maximum Gasteiger partial charge on any atom is 0.0914 e. The summed E-state index contributed by atoms with van der Waals surface area (Å²) in [5, 5.41) is 16.3. The van der Waals surface area contributed by atoms with Crippen LogP contribution in [0.15, 0.2) is 41.8 Å². The fraction of sp³-hybridized carbons (Fsp3) is 0.375. The van der Waals surface area contributed by atoms with E-state index < -0.39 is 6.10 Å². The van der Waals surface area contributed by atoms with Gasteiger partial charge in [0.15, 0.2) is 0 Å². The van der Waals surface area contributed by atoms with E-state index in [9.17, 15) is 5.11 Å². The second-order valence-electron chi connectivity index (χ2n) is 5.56. The summed E-state index contributed by atoms with van der Waals surface area (Å²) in [7, 11) is 0. The SMILES string of the molecule is CC(C)(CNCC(O)c1ccc(Cl)cc1)c1cccs1. The van der Waals surface area contributed by atoms with Crippen LogP contribution in [0, 0.1) is 0 Å². The van der Waals surface area contributed by atoms with Gasteiger partial charge < -0.3 is 10.4 Å². The molecular weight excluding hydrogens is 290 g/mol. The number of aliphatic hydroxyl groups is 1. The van der Waals surface area contributed by atoms with Crippen molar-refractivity contribution in [3.63, 3.8) is 0 Å². The maximum atomic E-state index is 10.1. The molecule has 0 amide bonds. The van der Waals surface area contributed by atoms with E-state index >= 15 is 0 Å². The molecule has 1 atom stereocenters. The molecule has 4 heteroatoms. The third-order valence-corrected chi connectivity index (χ3v) is 4.84. The average Bonchev–Trinajstić information content (AvgIpc) is 2.94. The Morgan fingerprint density at radius 2 is 1.95 bits per heavy atom. The van der Waals surface area contributed by atoms with Crippen molar-refractivity contribution in [3.8, 4) is 0 Å². The summed E-state index contributed by atoms with van der Waals surface area (Å²) in [5.41, 5.74) is 0.962. The third-order valence-electron chi connectivity index (χ3n) is 3.35. The predicted molar refractivity (Wildman–Crippen MR) is 86.6 cm³/mol. The Hall–Kier alpha value is -0.870. The molecule has 0 saturated carbocycles. The molecule has 0 saturated heterocycles. The number of thiophene rings is 1. The van der Waals surface area contributed by atoms with Crippen LogP contribution in [0.2, 0.25) is 5.02 Å². The molecule has 108 valence electrons. The van der Waals surface area contributed by atoms with Gasteiger partial charge in [-0.15, -0.1) is 11.3 Å². The molecule has 0 spiro atoms. The minimum absolute atomic E-state index is 0.0773. The average molecular weight is 310 g/mol. The van der Waals surface area contributed by atoms with Crippen molar-refractivity contribution in [1.29, 1.82) is 0 Å². The number of benzene rings is 1. The van der Waals surface area contributed by atoms with Crippen molar-refractivity contribution in [3.05, 3.63) is 57.2 Å². The van der Waals surface area contributed by atoms with Gasteiger partial charge in [0.25, 0.3) is 0 Å². The molecule has 2 rings (SSSR count). The molecular formula is C16H20ClNOS. The first-order valence-electron chi connectivity index (χ1n) is 6.67. The Labute approximate surface area is 129 Å². The molecule has 1 unspecified atom stereocenters. The van der Waals surface area contributed by atoms with Crippen LogP contribution in [0.25, 0.3) is 0 Å². The third kappa shape index (κ3) is 4.06. The number of aliphatic hydroxyl groups excluding tert-OH is 1. The zero-order chi connectivity index (χ0) is 14.6. The second kappa shape index (κ2) is 6.72. The van der Waals surface area contributed by atoms with Crippen LogP contribution in [0.1, 0.15) is 30.4 Å². The van der Waals surface area contributed by atoms with E-state index in [1.807, 2.05) is 12.1 Å². The summed E-state index contributed by atoms with van der Waals surface area (Å²) in [6.07, 6.45) is -0.508. The highest BCUT2D eigenvalue weighted by Crippen LogP contribution is 2.26. The maximum absolute atomic E-state index is 10.1. The fourth-order valence-corrected chi connectivity index (χ4v) is 3.05. The quantitative estimate of drug-likeness (QED) is 0.845. The summed E-state index contributed by atoms with van der Waals surface area (Å²) < 4.78 is 0. The summed E-state index contributed by atoms with van der Waals surface area (Å²) in [6, 6.07) is 11.6. The van der Waals surface area contributed by atoms with Gasteiger partial charge in [-0.2, -0.15) is 0 Å². The Bertz CT molecular complexity index is 522. The van der Waals surface area contributed by atoms with Gasteiger partial charge in [-0.3, -0.25) is 0 Å². The predicted octanol–water partition coefficient (Wildman–Crippen LogP) is 4.00. The van der Waals surface area contributed by atoms with Gasteiger partial charge in [0, 0.05) is 28.4 Å². The first-order valence-corrected chi connectivity index (χ1v) is 7.93. The molecule has 1 heterocycles. The molecule has 1 aromatic heterocycles.